The highest BCUT2D eigenvalue weighted by molar-refractivity contribution is 6.11. The summed E-state index contributed by atoms with van der Waals surface area (Å²) in [6.45, 7) is 0.120. The van der Waals surface area contributed by atoms with Crippen molar-refractivity contribution in [3.05, 3.63) is 84.4 Å². The van der Waals surface area contributed by atoms with Crippen LogP contribution in [0.5, 0.6) is 11.5 Å². The number of aryl methyl sites for hydroxylation is 1. The summed E-state index contributed by atoms with van der Waals surface area (Å²) in [6.07, 6.45) is 0. The summed E-state index contributed by atoms with van der Waals surface area (Å²) in [4.78, 5) is 12.7. The maximum absolute atomic E-state index is 12.7. The van der Waals surface area contributed by atoms with E-state index in [1.165, 1.54) is 0 Å². The largest absolute Gasteiger partial charge is 0.497 e. The second-order valence-electron chi connectivity index (χ2n) is 7.49. The number of rotatable bonds is 7. The number of nitrogens with one attached hydrogen (secondary N) is 1. The molecule has 9 heteroatoms. The Morgan fingerprint density at radius 3 is 2.47 bits per heavy atom. The summed E-state index contributed by atoms with van der Waals surface area (Å²) in [5, 5.41) is 16.1. The molecule has 0 atom stereocenters. The van der Waals surface area contributed by atoms with Crippen LogP contribution in [-0.2, 0) is 13.7 Å². The van der Waals surface area contributed by atoms with E-state index >= 15 is 0 Å². The van der Waals surface area contributed by atoms with Crippen molar-refractivity contribution in [2.75, 3.05) is 12.4 Å². The monoisotopic (exact) mass is 455 g/mol. The SMILES string of the molecule is COc1ccc(-c2nnc(COc3ccc(NC(=O)c4nn(C)c5ccccc45)cc3)o2)cc1. The van der Waals surface area contributed by atoms with Crippen LogP contribution in [0.15, 0.2) is 77.2 Å². The number of amides is 1. The maximum Gasteiger partial charge on any atom is 0.276 e. The van der Waals surface area contributed by atoms with Crippen molar-refractivity contribution in [2.24, 2.45) is 7.05 Å². The average Bonchev–Trinajstić information content (AvgIpc) is 3.49. The molecule has 0 radical (unpaired) electrons. The minimum Gasteiger partial charge on any atom is -0.497 e. The molecule has 1 amide bonds. The number of fused-ring (bicyclic) bond motifs is 1. The summed E-state index contributed by atoms with van der Waals surface area (Å²) in [5.74, 6) is 1.83. The summed E-state index contributed by atoms with van der Waals surface area (Å²) < 4.78 is 18.3. The molecule has 0 fully saturated rings. The van der Waals surface area contributed by atoms with Crippen LogP contribution in [0.3, 0.4) is 0 Å². The van der Waals surface area contributed by atoms with Gasteiger partial charge in [-0.2, -0.15) is 5.10 Å². The third-order valence-electron chi connectivity index (χ3n) is 5.25. The van der Waals surface area contributed by atoms with Crippen molar-refractivity contribution in [1.82, 2.24) is 20.0 Å². The Morgan fingerprint density at radius 2 is 1.71 bits per heavy atom. The highest BCUT2D eigenvalue weighted by Gasteiger charge is 2.16. The first-order chi connectivity index (χ1) is 16.6. The van der Waals surface area contributed by atoms with E-state index in [1.807, 2.05) is 55.6 Å². The van der Waals surface area contributed by atoms with Crippen LogP contribution in [0.2, 0.25) is 0 Å². The highest BCUT2D eigenvalue weighted by Crippen LogP contribution is 2.23. The molecule has 0 unspecified atom stereocenters. The first-order valence-electron chi connectivity index (χ1n) is 10.5. The van der Waals surface area contributed by atoms with Crippen LogP contribution in [0.4, 0.5) is 5.69 Å². The van der Waals surface area contributed by atoms with Gasteiger partial charge in [-0.3, -0.25) is 9.48 Å². The number of benzene rings is 3. The molecule has 2 aromatic heterocycles. The van der Waals surface area contributed by atoms with Gasteiger partial charge in [0.2, 0.25) is 5.89 Å². The van der Waals surface area contributed by atoms with Crippen LogP contribution in [0.25, 0.3) is 22.4 Å². The number of aromatic nitrogens is 4. The minimum atomic E-state index is -0.276. The molecule has 3 aromatic carbocycles. The first kappa shape index (κ1) is 21.2. The average molecular weight is 455 g/mol. The van der Waals surface area contributed by atoms with Gasteiger partial charge < -0.3 is 19.2 Å². The molecule has 170 valence electrons. The van der Waals surface area contributed by atoms with Crippen LogP contribution in [0, 0.1) is 0 Å². The number of hydrogen-bond acceptors (Lipinski definition) is 7. The zero-order valence-electron chi connectivity index (χ0n) is 18.6. The lowest BCUT2D eigenvalue weighted by atomic mass is 10.2. The number of carbonyl (C=O) groups excluding carboxylic acids is 1. The standard InChI is InChI=1S/C25H21N5O4/c1-30-21-6-4-3-5-20(21)23(29-30)24(31)26-17-9-13-19(14-10-17)33-15-22-27-28-25(34-22)16-7-11-18(32-2)12-8-16/h3-14H,15H2,1-2H3,(H,26,31). The smallest absolute Gasteiger partial charge is 0.276 e. The summed E-state index contributed by atoms with van der Waals surface area (Å²) in [5.41, 5.74) is 2.70. The molecule has 5 rings (SSSR count). The highest BCUT2D eigenvalue weighted by atomic mass is 16.5. The Morgan fingerprint density at radius 1 is 0.971 bits per heavy atom. The molecule has 0 aliphatic rings. The second kappa shape index (κ2) is 9.07. The van der Waals surface area contributed by atoms with E-state index in [-0.39, 0.29) is 12.5 Å². The van der Waals surface area contributed by atoms with Crippen molar-refractivity contribution < 1.29 is 18.7 Å². The van der Waals surface area contributed by atoms with Gasteiger partial charge in [0.05, 0.1) is 12.6 Å². The van der Waals surface area contributed by atoms with E-state index in [4.69, 9.17) is 13.9 Å². The Kier molecular flexibility index (Phi) is 5.65. The molecule has 0 aliphatic heterocycles. The van der Waals surface area contributed by atoms with E-state index in [2.05, 4.69) is 20.6 Å². The molecule has 34 heavy (non-hydrogen) atoms. The van der Waals surface area contributed by atoms with E-state index < -0.39 is 0 Å². The lowest BCUT2D eigenvalue weighted by Gasteiger charge is -2.06. The predicted molar refractivity (Wildman–Crippen MR) is 126 cm³/mol. The third kappa shape index (κ3) is 4.31. The Balaban J connectivity index is 1.20. The number of hydrogen-bond donors (Lipinski definition) is 1. The minimum absolute atomic E-state index is 0.120. The van der Waals surface area contributed by atoms with Crippen molar-refractivity contribution in [3.63, 3.8) is 0 Å². The number of methoxy groups -OCH3 is 1. The molecular weight excluding hydrogens is 434 g/mol. The van der Waals surface area contributed by atoms with Gasteiger partial charge in [0, 0.05) is 23.7 Å². The normalized spacial score (nSPS) is 10.9. The van der Waals surface area contributed by atoms with Crippen molar-refractivity contribution >= 4 is 22.5 Å². The molecule has 0 spiro atoms. The number of para-hydroxylation sites is 1. The number of anilines is 1. The van der Waals surface area contributed by atoms with E-state index in [1.54, 1.807) is 36.1 Å². The third-order valence-corrected chi connectivity index (χ3v) is 5.25. The quantitative estimate of drug-likeness (QED) is 0.386. The zero-order chi connectivity index (χ0) is 23.5. The van der Waals surface area contributed by atoms with Crippen molar-refractivity contribution in [1.29, 1.82) is 0 Å². The lowest BCUT2D eigenvalue weighted by Crippen LogP contribution is -2.13. The van der Waals surface area contributed by atoms with E-state index in [0.29, 0.717) is 28.9 Å². The predicted octanol–water partition coefficient (Wildman–Crippen LogP) is 4.46. The Bertz CT molecular complexity index is 1440. The van der Waals surface area contributed by atoms with E-state index in [9.17, 15) is 4.79 Å². The number of nitrogens with zero attached hydrogens (tertiary/aromatic N) is 4. The fourth-order valence-corrected chi connectivity index (χ4v) is 3.51. The molecule has 0 saturated heterocycles. The van der Waals surface area contributed by atoms with Gasteiger partial charge in [-0.15, -0.1) is 10.2 Å². The molecule has 2 heterocycles. The van der Waals surface area contributed by atoms with Crippen LogP contribution in [-0.4, -0.2) is 33.0 Å². The summed E-state index contributed by atoms with van der Waals surface area (Å²) in [7, 11) is 3.43. The van der Waals surface area contributed by atoms with Crippen molar-refractivity contribution in [3.8, 4) is 23.0 Å². The van der Waals surface area contributed by atoms with Crippen LogP contribution in [0.1, 0.15) is 16.4 Å². The number of carbonyl (C=O) groups is 1. The van der Waals surface area contributed by atoms with E-state index in [0.717, 1.165) is 22.2 Å². The lowest BCUT2D eigenvalue weighted by molar-refractivity contribution is 0.102. The van der Waals surface area contributed by atoms with Gasteiger partial charge in [0.15, 0.2) is 12.3 Å². The zero-order valence-corrected chi connectivity index (χ0v) is 18.6. The van der Waals surface area contributed by atoms with Gasteiger partial charge >= 0.3 is 0 Å². The van der Waals surface area contributed by atoms with Gasteiger partial charge in [-0.1, -0.05) is 18.2 Å². The molecule has 0 bridgehead atoms. The van der Waals surface area contributed by atoms with Crippen molar-refractivity contribution in [2.45, 2.75) is 6.61 Å². The fourth-order valence-electron chi connectivity index (χ4n) is 3.51. The Hall–Kier alpha value is -4.66. The first-order valence-corrected chi connectivity index (χ1v) is 10.5. The molecule has 0 saturated carbocycles. The molecule has 0 aliphatic carbocycles. The van der Waals surface area contributed by atoms with Gasteiger partial charge in [0.1, 0.15) is 11.5 Å². The molecule has 9 nitrogen and oxygen atoms in total. The molecule has 1 N–H and O–H groups in total. The van der Waals surface area contributed by atoms with Gasteiger partial charge in [-0.25, -0.2) is 0 Å². The second-order valence-corrected chi connectivity index (χ2v) is 7.49. The summed E-state index contributed by atoms with van der Waals surface area (Å²) in [6, 6.07) is 22.0. The van der Waals surface area contributed by atoms with Crippen LogP contribution >= 0.6 is 0 Å². The molecule has 5 aromatic rings. The molecular formula is C25H21N5O4. The van der Waals surface area contributed by atoms with Gasteiger partial charge in [-0.05, 0) is 54.6 Å². The fraction of sp³-hybridized carbons (Fsp3) is 0.120. The maximum atomic E-state index is 12.7. The Labute approximate surface area is 194 Å². The van der Waals surface area contributed by atoms with Gasteiger partial charge in [0.25, 0.3) is 11.8 Å². The van der Waals surface area contributed by atoms with Crippen LogP contribution < -0.4 is 14.8 Å². The topological polar surface area (TPSA) is 104 Å². The number of ether oxygens (including phenoxy) is 2. The summed E-state index contributed by atoms with van der Waals surface area (Å²) >= 11 is 0.